The third-order valence-corrected chi connectivity index (χ3v) is 5.40. The van der Waals surface area contributed by atoms with E-state index in [1.165, 1.54) is 0 Å². The predicted molar refractivity (Wildman–Crippen MR) is 92.4 cm³/mol. The van der Waals surface area contributed by atoms with Gasteiger partial charge in [-0.1, -0.05) is 18.0 Å². The smallest absolute Gasteiger partial charge is 0.213 e. The zero-order valence-corrected chi connectivity index (χ0v) is 14.9. The van der Waals surface area contributed by atoms with E-state index < -0.39 is 10.0 Å². The summed E-state index contributed by atoms with van der Waals surface area (Å²) in [7, 11) is -1.55. The maximum Gasteiger partial charge on any atom is 0.213 e. The van der Waals surface area contributed by atoms with Gasteiger partial charge in [-0.2, -0.15) is 0 Å². The number of methoxy groups -OCH3 is 1. The van der Waals surface area contributed by atoms with Gasteiger partial charge in [-0.05, 0) is 44.9 Å². The molecule has 0 saturated heterocycles. The molecule has 0 radical (unpaired) electrons. The number of halogens is 1. The molecule has 0 spiro atoms. The lowest BCUT2D eigenvalue weighted by Gasteiger charge is -2.10. The monoisotopic (exact) mass is 348 g/mol. The number of unbranched alkanes of at least 4 members (excludes halogenated alkanes) is 2. The van der Waals surface area contributed by atoms with E-state index in [9.17, 15) is 8.42 Å². The summed E-state index contributed by atoms with van der Waals surface area (Å²) in [6.07, 6.45) is 2.75. The van der Waals surface area contributed by atoms with E-state index in [2.05, 4.69) is 10.0 Å². The molecule has 126 valence electrons. The van der Waals surface area contributed by atoms with Crippen molar-refractivity contribution in [2.45, 2.75) is 38.4 Å². The molecule has 0 aliphatic rings. The lowest BCUT2D eigenvalue weighted by molar-refractivity contribution is 0.415. The van der Waals surface area contributed by atoms with Crippen LogP contribution in [0.5, 0.6) is 5.75 Å². The molecule has 0 aliphatic carbocycles. The van der Waals surface area contributed by atoms with Crippen LogP contribution in [0.3, 0.4) is 0 Å². The van der Waals surface area contributed by atoms with Gasteiger partial charge < -0.3 is 10.1 Å². The lowest BCUT2D eigenvalue weighted by atomic mass is 10.2. The Balaban J connectivity index is 2.17. The molecule has 0 atom stereocenters. The van der Waals surface area contributed by atoms with Crippen LogP contribution >= 0.6 is 11.6 Å². The molecule has 2 N–H and O–H groups in total. The average Bonchev–Trinajstić information content (AvgIpc) is 2.46. The van der Waals surface area contributed by atoms with E-state index >= 15 is 0 Å². The second-order valence-corrected chi connectivity index (χ2v) is 8.05. The fourth-order valence-electron chi connectivity index (χ4n) is 1.82. The molecule has 0 heterocycles. The zero-order chi connectivity index (χ0) is 16.6. The van der Waals surface area contributed by atoms with Crippen molar-refractivity contribution in [2.24, 2.45) is 0 Å². The Bertz CT molecular complexity index is 562. The summed E-state index contributed by atoms with van der Waals surface area (Å²) in [5.74, 6) is 0.657. The van der Waals surface area contributed by atoms with Crippen molar-refractivity contribution < 1.29 is 13.2 Å². The number of hydrogen-bond acceptors (Lipinski definition) is 4. The number of sulfonamides is 1. The Morgan fingerprint density at radius 2 is 1.86 bits per heavy atom. The highest BCUT2D eigenvalue weighted by Gasteiger charge is 2.13. The van der Waals surface area contributed by atoms with Crippen molar-refractivity contribution in [3.8, 4) is 5.75 Å². The zero-order valence-electron chi connectivity index (χ0n) is 13.4. The second kappa shape index (κ2) is 9.22. The third kappa shape index (κ3) is 6.42. The topological polar surface area (TPSA) is 67.4 Å². The summed E-state index contributed by atoms with van der Waals surface area (Å²) in [5.41, 5.74) is 0.950. The molecule has 1 rings (SSSR count). The molecule has 0 unspecified atom stereocenters. The minimum absolute atomic E-state index is 0.381. The number of rotatable bonds is 10. The van der Waals surface area contributed by atoms with Crippen LogP contribution in [0.15, 0.2) is 18.2 Å². The van der Waals surface area contributed by atoms with Crippen LogP contribution in [0.25, 0.3) is 0 Å². The van der Waals surface area contributed by atoms with Crippen LogP contribution in [0.1, 0.15) is 33.1 Å². The van der Waals surface area contributed by atoms with Crippen LogP contribution in [0.4, 0.5) is 5.69 Å². The molecule has 0 saturated carbocycles. The molecule has 0 amide bonds. The van der Waals surface area contributed by atoms with E-state index in [-0.39, 0.29) is 5.25 Å². The van der Waals surface area contributed by atoms with E-state index in [1.807, 2.05) is 18.2 Å². The van der Waals surface area contributed by atoms with Crippen molar-refractivity contribution in [3.05, 3.63) is 23.2 Å². The fraction of sp³-hybridized carbons (Fsp3) is 0.600. The molecule has 1 aromatic carbocycles. The summed E-state index contributed by atoms with van der Waals surface area (Å²) in [6.45, 7) is 4.66. The molecule has 0 aromatic heterocycles. The highest BCUT2D eigenvalue weighted by molar-refractivity contribution is 7.90. The first-order valence-electron chi connectivity index (χ1n) is 7.42. The van der Waals surface area contributed by atoms with Crippen molar-refractivity contribution in [3.63, 3.8) is 0 Å². The summed E-state index contributed by atoms with van der Waals surface area (Å²) < 4.78 is 30.8. The van der Waals surface area contributed by atoms with Crippen LogP contribution in [0.2, 0.25) is 5.02 Å². The van der Waals surface area contributed by atoms with Gasteiger partial charge >= 0.3 is 0 Å². The number of anilines is 1. The van der Waals surface area contributed by atoms with Gasteiger partial charge in [0.2, 0.25) is 10.0 Å². The van der Waals surface area contributed by atoms with Gasteiger partial charge in [0.05, 0.1) is 17.4 Å². The van der Waals surface area contributed by atoms with Gasteiger partial charge in [-0.15, -0.1) is 0 Å². The number of benzene rings is 1. The molecular formula is C15H25ClN2O3S. The Kier molecular flexibility index (Phi) is 8.00. The van der Waals surface area contributed by atoms with E-state index in [0.29, 0.717) is 17.3 Å². The van der Waals surface area contributed by atoms with Crippen molar-refractivity contribution in [1.29, 1.82) is 0 Å². The normalized spacial score (nSPS) is 11.7. The summed E-state index contributed by atoms with van der Waals surface area (Å²) in [5, 5.41) is 3.48. The Morgan fingerprint density at radius 1 is 1.18 bits per heavy atom. The molecule has 1 aromatic rings. The maximum atomic E-state index is 11.5. The van der Waals surface area contributed by atoms with Gasteiger partial charge in [0.15, 0.2) is 0 Å². The molecule has 0 aliphatic heterocycles. The van der Waals surface area contributed by atoms with E-state index in [0.717, 1.165) is 31.5 Å². The molecular weight excluding hydrogens is 324 g/mol. The highest BCUT2D eigenvalue weighted by Crippen LogP contribution is 2.27. The van der Waals surface area contributed by atoms with Gasteiger partial charge in [-0.3, -0.25) is 0 Å². The van der Waals surface area contributed by atoms with Crippen LogP contribution in [-0.2, 0) is 10.0 Å². The molecule has 7 heteroatoms. The standard InChI is InChI=1S/C15H25ClN2O3S/c1-12(2)22(19,20)18-10-6-4-5-9-17-13-7-8-15(21-3)14(16)11-13/h7-8,11-12,17-18H,4-6,9-10H2,1-3H3. The molecule has 22 heavy (non-hydrogen) atoms. The summed E-state index contributed by atoms with van der Waals surface area (Å²) in [6, 6.07) is 5.57. The Morgan fingerprint density at radius 3 is 2.45 bits per heavy atom. The largest absolute Gasteiger partial charge is 0.495 e. The highest BCUT2D eigenvalue weighted by atomic mass is 35.5. The average molecular weight is 349 g/mol. The first-order chi connectivity index (χ1) is 10.4. The fourth-order valence-corrected chi connectivity index (χ4v) is 2.84. The quantitative estimate of drug-likeness (QED) is 0.637. The van der Waals surface area contributed by atoms with E-state index in [1.54, 1.807) is 21.0 Å². The van der Waals surface area contributed by atoms with Gasteiger partial charge in [0.1, 0.15) is 5.75 Å². The van der Waals surface area contributed by atoms with Crippen molar-refractivity contribution in [1.82, 2.24) is 4.72 Å². The Labute approximate surface area is 138 Å². The van der Waals surface area contributed by atoms with Gasteiger partial charge in [0, 0.05) is 18.8 Å². The minimum Gasteiger partial charge on any atom is -0.495 e. The van der Waals surface area contributed by atoms with E-state index in [4.69, 9.17) is 16.3 Å². The van der Waals surface area contributed by atoms with Crippen LogP contribution in [0, 0.1) is 0 Å². The first kappa shape index (κ1) is 19.1. The number of ether oxygens (including phenoxy) is 1. The van der Waals surface area contributed by atoms with Crippen molar-refractivity contribution >= 4 is 27.3 Å². The van der Waals surface area contributed by atoms with Crippen molar-refractivity contribution in [2.75, 3.05) is 25.5 Å². The minimum atomic E-state index is -3.14. The third-order valence-electron chi connectivity index (χ3n) is 3.26. The van der Waals surface area contributed by atoms with Gasteiger partial charge in [-0.25, -0.2) is 13.1 Å². The van der Waals surface area contributed by atoms with Crippen LogP contribution < -0.4 is 14.8 Å². The number of hydrogen-bond donors (Lipinski definition) is 2. The van der Waals surface area contributed by atoms with Gasteiger partial charge in [0.25, 0.3) is 0 Å². The van der Waals surface area contributed by atoms with Crippen LogP contribution in [-0.4, -0.2) is 33.9 Å². The molecule has 0 fully saturated rings. The Hall–Kier alpha value is -0.980. The lowest BCUT2D eigenvalue weighted by Crippen LogP contribution is -2.31. The molecule has 5 nitrogen and oxygen atoms in total. The molecule has 0 bridgehead atoms. The maximum absolute atomic E-state index is 11.5. The SMILES string of the molecule is COc1ccc(NCCCCCNS(=O)(=O)C(C)C)cc1Cl. The summed E-state index contributed by atoms with van der Waals surface area (Å²) >= 11 is 6.05. The first-order valence-corrected chi connectivity index (χ1v) is 9.35. The predicted octanol–water partition coefficient (Wildman–Crippen LogP) is 3.26. The summed E-state index contributed by atoms with van der Waals surface area (Å²) in [4.78, 5) is 0. The number of nitrogens with one attached hydrogen (secondary N) is 2. The second-order valence-electron chi connectivity index (χ2n) is 5.32.